The van der Waals surface area contributed by atoms with E-state index < -0.39 is 29.4 Å². The van der Waals surface area contributed by atoms with Crippen molar-refractivity contribution in [2.45, 2.75) is 13.1 Å². The lowest BCUT2D eigenvalue weighted by Crippen LogP contribution is -2.39. The maximum absolute atomic E-state index is 13.5. The molecule has 1 heterocycles. The third-order valence-corrected chi connectivity index (χ3v) is 2.76. The van der Waals surface area contributed by atoms with E-state index >= 15 is 0 Å². The van der Waals surface area contributed by atoms with Gasteiger partial charge in [-0.1, -0.05) is 6.07 Å². The van der Waals surface area contributed by atoms with E-state index in [1.807, 2.05) is 0 Å². The molecule has 0 saturated heterocycles. The Kier molecular flexibility index (Phi) is 3.75. The first-order chi connectivity index (χ1) is 9.54. The lowest BCUT2D eigenvalue weighted by atomic mass is 10.2. The van der Waals surface area contributed by atoms with Gasteiger partial charge in [-0.25, -0.2) is 13.6 Å². The van der Waals surface area contributed by atoms with Crippen LogP contribution in [0.15, 0.2) is 40.1 Å². The molecule has 0 radical (unpaired) electrons. The Bertz CT molecular complexity index is 782. The van der Waals surface area contributed by atoms with Gasteiger partial charge in [-0.05, 0) is 12.1 Å². The van der Waals surface area contributed by atoms with Crippen molar-refractivity contribution in [3.8, 4) is 6.07 Å². The van der Waals surface area contributed by atoms with Crippen LogP contribution < -0.4 is 11.2 Å². The summed E-state index contributed by atoms with van der Waals surface area (Å²) in [6.45, 7) is -0.776. The van der Waals surface area contributed by atoms with Crippen LogP contribution in [0.4, 0.5) is 8.78 Å². The van der Waals surface area contributed by atoms with Gasteiger partial charge in [0.2, 0.25) is 0 Å². The Hall–Kier alpha value is -2.75. The van der Waals surface area contributed by atoms with Crippen LogP contribution in [0, 0.1) is 23.0 Å². The summed E-state index contributed by atoms with van der Waals surface area (Å²) in [5.41, 5.74) is -1.85. The minimum Gasteiger partial charge on any atom is -0.287 e. The van der Waals surface area contributed by atoms with E-state index in [1.54, 1.807) is 6.07 Å². The van der Waals surface area contributed by atoms with Crippen molar-refractivity contribution in [1.29, 1.82) is 5.26 Å². The fourth-order valence-electron chi connectivity index (χ4n) is 1.74. The smallest absolute Gasteiger partial charge is 0.287 e. The van der Waals surface area contributed by atoms with Crippen molar-refractivity contribution < 1.29 is 8.78 Å². The predicted molar refractivity (Wildman–Crippen MR) is 66.0 cm³/mol. The van der Waals surface area contributed by atoms with Crippen LogP contribution in [0.3, 0.4) is 0 Å². The van der Waals surface area contributed by atoms with Gasteiger partial charge in [-0.15, -0.1) is 0 Å². The van der Waals surface area contributed by atoms with Gasteiger partial charge in [0, 0.05) is 17.8 Å². The molecule has 2 rings (SSSR count). The zero-order valence-electron chi connectivity index (χ0n) is 10.2. The Balaban J connectivity index is 2.55. The van der Waals surface area contributed by atoms with Crippen molar-refractivity contribution in [1.82, 2.24) is 9.13 Å². The normalized spacial score (nSPS) is 10.2. The average Bonchev–Trinajstić information content (AvgIpc) is 2.41. The topological polar surface area (TPSA) is 67.8 Å². The predicted octanol–water partition coefficient (Wildman–Crippen LogP) is 0.860. The fraction of sp³-hybridized carbons (Fsp3) is 0.154. The number of nitrogens with zero attached hydrogens (tertiary/aromatic N) is 3. The Labute approximate surface area is 111 Å². The highest BCUT2D eigenvalue weighted by Gasteiger charge is 2.12. The lowest BCUT2D eigenvalue weighted by Gasteiger charge is -2.09. The monoisotopic (exact) mass is 277 g/mol. The quantitative estimate of drug-likeness (QED) is 0.835. The third kappa shape index (κ3) is 2.49. The van der Waals surface area contributed by atoms with Crippen LogP contribution in [-0.4, -0.2) is 9.13 Å². The molecule has 5 nitrogen and oxygen atoms in total. The zero-order chi connectivity index (χ0) is 14.7. The van der Waals surface area contributed by atoms with Gasteiger partial charge >= 0.3 is 5.69 Å². The number of benzene rings is 1. The van der Waals surface area contributed by atoms with Crippen LogP contribution in [0.5, 0.6) is 0 Å². The summed E-state index contributed by atoms with van der Waals surface area (Å²) in [6, 6.07) is 6.10. The second kappa shape index (κ2) is 5.48. The van der Waals surface area contributed by atoms with E-state index in [0.29, 0.717) is 4.57 Å². The van der Waals surface area contributed by atoms with Crippen LogP contribution >= 0.6 is 0 Å². The molecule has 0 aliphatic rings. The maximum Gasteiger partial charge on any atom is 0.332 e. The molecule has 0 N–H and O–H groups in total. The molecule has 0 aliphatic heterocycles. The van der Waals surface area contributed by atoms with Gasteiger partial charge in [-0.3, -0.25) is 13.9 Å². The molecule has 1 aromatic carbocycles. The van der Waals surface area contributed by atoms with Gasteiger partial charge in [0.15, 0.2) is 0 Å². The molecule has 0 spiro atoms. The Morgan fingerprint density at radius 2 is 1.80 bits per heavy atom. The highest BCUT2D eigenvalue weighted by Crippen LogP contribution is 2.12. The molecule has 20 heavy (non-hydrogen) atoms. The summed E-state index contributed by atoms with van der Waals surface area (Å²) in [5, 5.41) is 8.57. The first kappa shape index (κ1) is 13.7. The molecule has 0 bridgehead atoms. The van der Waals surface area contributed by atoms with Crippen molar-refractivity contribution in [3.63, 3.8) is 0 Å². The molecule has 0 aliphatic carbocycles. The highest BCUT2D eigenvalue weighted by molar-refractivity contribution is 5.20. The highest BCUT2D eigenvalue weighted by atomic mass is 19.1. The maximum atomic E-state index is 13.5. The summed E-state index contributed by atoms with van der Waals surface area (Å²) in [6.07, 6.45) is 1.17. The van der Waals surface area contributed by atoms with Gasteiger partial charge in [0.1, 0.15) is 18.2 Å². The number of hydrogen-bond donors (Lipinski definition) is 0. The molecule has 0 amide bonds. The van der Waals surface area contributed by atoms with Crippen LogP contribution in [-0.2, 0) is 13.1 Å². The standard InChI is InChI=1S/C13H9F2N3O2/c14-10-2-1-3-11(15)9(10)8-18-12(19)4-6-17(7-5-16)13(18)20/h1-4,6H,7-8H2. The fourth-order valence-corrected chi connectivity index (χ4v) is 1.74. The number of hydrogen-bond acceptors (Lipinski definition) is 3. The van der Waals surface area contributed by atoms with E-state index in [1.165, 1.54) is 12.3 Å². The lowest BCUT2D eigenvalue weighted by molar-refractivity contribution is 0.528. The summed E-state index contributed by atoms with van der Waals surface area (Å²) in [7, 11) is 0. The number of aromatic nitrogens is 2. The second-order valence-electron chi connectivity index (χ2n) is 4.01. The Morgan fingerprint density at radius 1 is 1.15 bits per heavy atom. The Morgan fingerprint density at radius 3 is 2.40 bits per heavy atom. The van der Waals surface area contributed by atoms with Crippen molar-refractivity contribution in [2.75, 3.05) is 0 Å². The number of nitriles is 1. The molecule has 0 fully saturated rings. The van der Waals surface area contributed by atoms with E-state index in [9.17, 15) is 18.4 Å². The molecule has 102 valence electrons. The van der Waals surface area contributed by atoms with Gasteiger partial charge in [0.05, 0.1) is 12.6 Å². The van der Waals surface area contributed by atoms with Gasteiger partial charge in [-0.2, -0.15) is 5.26 Å². The van der Waals surface area contributed by atoms with Gasteiger partial charge < -0.3 is 0 Å². The summed E-state index contributed by atoms with van der Waals surface area (Å²) in [5.74, 6) is -1.68. The van der Waals surface area contributed by atoms with E-state index in [2.05, 4.69) is 0 Å². The molecule has 0 atom stereocenters. The summed E-state index contributed by atoms with van der Waals surface area (Å²) >= 11 is 0. The summed E-state index contributed by atoms with van der Waals surface area (Å²) in [4.78, 5) is 23.6. The second-order valence-corrected chi connectivity index (χ2v) is 4.01. The van der Waals surface area contributed by atoms with Crippen molar-refractivity contribution >= 4 is 0 Å². The van der Waals surface area contributed by atoms with Crippen molar-refractivity contribution in [3.05, 3.63) is 68.5 Å². The number of rotatable bonds is 3. The largest absolute Gasteiger partial charge is 0.332 e. The molecule has 0 saturated carbocycles. The first-order valence-corrected chi connectivity index (χ1v) is 5.64. The summed E-state index contributed by atoms with van der Waals surface area (Å²) < 4.78 is 28.7. The van der Waals surface area contributed by atoms with Crippen LogP contribution in [0.1, 0.15) is 5.56 Å². The minimum atomic E-state index is -0.841. The molecule has 2 aromatic rings. The minimum absolute atomic E-state index is 0.251. The van der Waals surface area contributed by atoms with Crippen LogP contribution in [0.25, 0.3) is 0 Å². The molecular formula is C13H9F2N3O2. The van der Waals surface area contributed by atoms with E-state index in [0.717, 1.165) is 22.8 Å². The van der Waals surface area contributed by atoms with E-state index in [-0.39, 0.29) is 12.1 Å². The van der Waals surface area contributed by atoms with Crippen molar-refractivity contribution in [2.24, 2.45) is 0 Å². The molecular weight excluding hydrogens is 268 g/mol. The zero-order valence-corrected chi connectivity index (χ0v) is 10.2. The number of halogens is 2. The average molecular weight is 277 g/mol. The molecule has 0 unspecified atom stereocenters. The third-order valence-electron chi connectivity index (χ3n) is 2.76. The van der Waals surface area contributed by atoms with Crippen LogP contribution in [0.2, 0.25) is 0 Å². The SMILES string of the molecule is N#CCn1ccc(=O)n(Cc2c(F)cccc2F)c1=O. The first-order valence-electron chi connectivity index (χ1n) is 5.64. The van der Waals surface area contributed by atoms with E-state index in [4.69, 9.17) is 5.26 Å². The molecule has 7 heteroatoms. The van der Waals surface area contributed by atoms with Gasteiger partial charge in [0.25, 0.3) is 5.56 Å². The molecule has 1 aromatic heterocycles.